The number of imidazole rings is 1. The number of nitrogens with one attached hydrogen (secondary N) is 1. The maximum Gasteiger partial charge on any atom is 0.202 e. The molecule has 0 aliphatic heterocycles. The van der Waals surface area contributed by atoms with E-state index in [0.29, 0.717) is 6.04 Å². The number of hydrogen-bond donors (Lipinski definition) is 1. The van der Waals surface area contributed by atoms with Crippen molar-refractivity contribution < 1.29 is 0 Å². The third kappa shape index (κ3) is 2.39. The zero-order valence-corrected chi connectivity index (χ0v) is 10.4. The van der Waals surface area contributed by atoms with Crippen molar-refractivity contribution in [3.05, 3.63) is 12.4 Å². The maximum absolute atomic E-state index is 4.40. The van der Waals surface area contributed by atoms with Crippen LogP contribution in [0.5, 0.6) is 0 Å². The van der Waals surface area contributed by atoms with Crippen LogP contribution in [0, 0.1) is 5.92 Å². The molecule has 1 heterocycles. The fraction of sp³-hybridized carbons (Fsp3) is 0.769. The van der Waals surface area contributed by atoms with Gasteiger partial charge in [0.1, 0.15) is 0 Å². The van der Waals surface area contributed by atoms with E-state index in [1.807, 2.05) is 12.4 Å². The Morgan fingerprint density at radius 3 is 2.94 bits per heavy atom. The normalized spacial score (nSPS) is 25.6. The first-order valence-electron chi connectivity index (χ1n) is 6.62. The van der Waals surface area contributed by atoms with Gasteiger partial charge in [-0.1, -0.05) is 26.2 Å². The van der Waals surface area contributed by atoms with Gasteiger partial charge in [0, 0.05) is 25.0 Å². The number of rotatable bonds is 4. The SMILES string of the molecule is CCC1CCCCC1Nc1nccn1CC. The average Bonchev–Trinajstić information content (AvgIpc) is 2.77. The summed E-state index contributed by atoms with van der Waals surface area (Å²) in [6, 6.07) is 0.631. The highest BCUT2D eigenvalue weighted by molar-refractivity contribution is 5.28. The van der Waals surface area contributed by atoms with Crippen molar-refractivity contribution in [3.8, 4) is 0 Å². The highest BCUT2D eigenvalue weighted by Crippen LogP contribution is 2.28. The Balaban J connectivity index is 2.02. The standard InChI is InChI=1S/C13H23N3/c1-3-11-7-5-6-8-12(11)15-13-14-9-10-16(13)4-2/h9-12H,3-8H2,1-2H3,(H,14,15). The van der Waals surface area contributed by atoms with E-state index in [0.717, 1.165) is 18.4 Å². The van der Waals surface area contributed by atoms with Crippen LogP contribution in [0.15, 0.2) is 12.4 Å². The van der Waals surface area contributed by atoms with Gasteiger partial charge in [0.15, 0.2) is 0 Å². The van der Waals surface area contributed by atoms with Gasteiger partial charge in [-0.05, 0) is 25.7 Å². The van der Waals surface area contributed by atoms with Crippen LogP contribution in [0.4, 0.5) is 5.95 Å². The van der Waals surface area contributed by atoms with Gasteiger partial charge in [-0.2, -0.15) is 0 Å². The summed E-state index contributed by atoms with van der Waals surface area (Å²) in [5, 5.41) is 3.63. The topological polar surface area (TPSA) is 29.9 Å². The van der Waals surface area contributed by atoms with Gasteiger partial charge >= 0.3 is 0 Å². The van der Waals surface area contributed by atoms with Gasteiger partial charge in [-0.25, -0.2) is 4.98 Å². The van der Waals surface area contributed by atoms with Crippen molar-refractivity contribution in [2.75, 3.05) is 5.32 Å². The molecule has 90 valence electrons. The fourth-order valence-corrected chi connectivity index (χ4v) is 2.76. The van der Waals surface area contributed by atoms with Gasteiger partial charge in [0.25, 0.3) is 0 Å². The number of aromatic nitrogens is 2. The minimum absolute atomic E-state index is 0.631. The summed E-state index contributed by atoms with van der Waals surface area (Å²) in [7, 11) is 0. The van der Waals surface area contributed by atoms with E-state index >= 15 is 0 Å². The lowest BCUT2D eigenvalue weighted by Crippen LogP contribution is -2.32. The second kappa shape index (κ2) is 5.37. The number of anilines is 1. The minimum atomic E-state index is 0.631. The molecule has 0 radical (unpaired) electrons. The minimum Gasteiger partial charge on any atom is -0.353 e. The van der Waals surface area contributed by atoms with Gasteiger partial charge in [0.2, 0.25) is 5.95 Å². The van der Waals surface area contributed by atoms with E-state index in [4.69, 9.17) is 0 Å². The molecule has 1 N–H and O–H groups in total. The number of hydrogen-bond acceptors (Lipinski definition) is 2. The molecule has 0 aromatic carbocycles. The zero-order valence-electron chi connectivity index (χ0n) is 10.4. The molecule has 2 unspecified atom stereocenters. The third-order valence-corrected chi connectivity index (χ3v) is 3.80. The molecule has 3 heteroatoms. The molecule has 1 saturated carbocycles. The van der Waals surface area contributed by atoms with Crippen LogP contribution in [0.2, 0.25) is 0 Å². The average molecular weight is 221 g/mol. The molecule has 1 aliphatic rings. The molecular weight excluding hydrogens is 198 g/mol. The van der Waals surface area contributed by atoms with Crippen LogP contribution < -0.4 is 5.32 Å². The molecule has 0 amide bonds. The summed E-state index contributed by atoms with van der Waals surface area (Å²) < 4.78 is 2.18. The lowest BCUT2D eigenvalue weighted by atomic mass is 9.83. The van der Waals surface area contributed by atoms with Gasteiger partial charge in [-0.3, -0.25) is 0 Å². The molecule has 0 saturated heterocycles. The molecule has 1 fully saturated rings. The molecule has 2 rings (SSSR count). The van der Waals surface area contributed by atoms with Crippen LogP contribution in [0.3, 0.4) is 0 Å². The third-order valence-electron chi connectivity index (χ3n) is 3.80. The predicted octanol–water partition coefficient (Wildman–Crippen LogP) is 3.28. The number of nitrogens with zero attached hydrogens (tertiary/aromatic N) is 2. The molecule has 1 aromatic rings. The van der Waals surface area contributed by atoms with Crippen molar-refractivity contribution >= 4 is 5.95 Å². The Morgan fingerprint density at radius 1 is 1.38 bits per heavy atom. The maximum atomic E-state index is 4.40. The molecule has 1 aliphatic carbocycles. The van der Waals surface area contributed by atoms with Crippen LogP contribution in [-0.2, 0) is 6.54 Å². The summed E-state index contributed by atoms with van der Waals surface area (Å²) in [4.78, 5) is 4.40. The van der Waals surface area contributed by atoms with Gasteiger partial charge in [-0.15, -0.1) is 0 Å². The van der Waals surface area contributed by atoms with Crippen LogP contribution in [-0.4, -0.2) is 15.6 Å². The fourth-order valence-electron chi connectivity index (χ4n) is 2.76. The van der Waals surface area contributed by atoms with Crippen LogP contribution in [0.25, 0.3) is 0 Å². The molecule has 0 bridgehead atoms. The van der Waals surface area contributed by atoms with E-state index in [2.05, 4.69) is 28.7 Å². The van der Waals surface area contributed by atoms with Crippen molar-refractivity contribution in [1.82, 2.24) is 9.55 Å². The van der Waals surface area contributed by atoms with E-state index < -0.39 is 0 Å². The summed E-state index contributed by atoms with van der Waals surface area (Å²) in [5.74, 6) is 1.88. The van der Waals surface area contributed by atoms with Crippen molar-refractivity contribution in [1.29, 1.82) is 0 Å². The lowest BCUT2D eigenvalue weighted by Gasteiger charge is -2.31. The summed E-state index contributed by atoms with van der Waals surface area (Å²) in [5.41, 5.74) is 0. The first-order valence-corrected chi connectivity index (χ1v) is 6.62. The molecular formula is C13H23N3. The van der Waals surface area contributed by atoms with Crippen LogP contribution in [0.1, 0.15) is 46.0 Å². The summed E-state index contributed by atoms with van der Waals surface area (Å²) in [6.07, 6.45) is 10.7. The molecule has 3 nitrogen and oxygen atoms in total. The second-order valence-electron chi connectivity index (χ2n) is 4.74. The Labute approximate surface area is 98.3 Å². The smallest absolute Gasteiger partial charge is 0.202 e. The predicted molar refractivity (Wildman–Crippen MR) is 67.6 cm³/mol. The van der Waals surface area contributed by atoms with Gasteiger partial charge in [0.05, 0.1) is 0 Å². The largest absolute Gasteiger partial charge is 0.353 e. The Bertz CT molecular complexity index is 319. The Morgan fingerprint density at radius 2 is 2.19 bits per heavy atom. The first kappa shape index (κ1) is 11.5. The molecule has 1 aromatic heterocycles. The van der Waals surface area contributed by atoms with E-state index in [1.165, 1.54) is 32.1 Å². The molecule has 0 spiro atoms. The number of aryl methyl sites for hydroxylation is 1. The van der Waals surface area contributed by atoms with Gasteiger partial charge < -0.3 is 9.88 Å². The lowest BCUT2D eigenvalue weighted by molar-refractivity contribution is 0.315. The first-order chi connectivity index (χ1) is 7.85. The van der Waals surface area contributed by atoms with Crippen molar-refractivity contribution in [2.45, 2.75) is 58.5 Å². The Kier molecular flexibility index (Phi) is 3.86. The van der Waals surface area contributed by atoms with E-state index in [1.54, 1.807) is 0 Å². The zero-order chi connectivity index (χ0) is 11.4. The highest BCUT2D eigenvalue weighted by Gasteiger charge is 2.24. The molecule has 16 heavy (non-hydrogen) atoms. The van der Waals surface area contributed by atoms with Crippen molar-refractivity contribution in [3.63, 3.8) is 0 Å². The quantitative estimate of drug-likeness (QED) is 0.845. The summed E-state index contributed by atoms with van der Waals surface area (Å²) in [6.45, 7) is 5.45. The second-order valence-corrected chi connectivity index (χ2v) is 4.74. The monoisotopic (exact) mass is 221 g/mol. The molecule has 2 atom stereocenters. The van der Waals surface area contributed by atoms with Crippen molar-refractivity contribution in [2.24, 2.45) is 5.92 Å². The van der Waals surface area contributed by atoms with E-state index in [-0.39, 0.29) is 0 Å². The van der Waals surface area contributed by atoms with E-state index in [9.17, 15) is 0 Å². The highest BCUT2D eigenvalue weighted by atomic mass is 15.2. The Hall–Kier alpha value is -0.990. The summed E-state index contributed by atoms with van der Waals surface area (Å²) >= 11 is 0. The van der Waals surface area contributed by atoms with Crippen LogP contribution >= 0.6 is 0 Å².